The Morgan fingerprint density at radius 1 is 1.36 bits per heavy atom. The highest BCUT2D eigenvalue weighted by molar-refractivity contribution is 5.95. The van der Waals surface area contributed by atoms with Gasteiger partial charge in [0.25, 0.3) is 0 Å². The molecule has 118 valence electrons. The van der Waals surface area contributed by atoms with Crippen LogP contribution in [0.3, 0.4) is 0 Å². The molecule has 0 aliphatic carbocycles. The van der Waals surface area contributed by atoms with Gasteiger partial charge in [-0.2, -0.15) is 5.10 Å². The highest BCUT2D eigenvalue weighted by Crippen LogP contribution is 2.21. The van der Waals surface area contributed by atoms with Crippen molar-refractivity contribution >= 4 is 11.6 Å². The summed E-state index contributed by atoms with van der Waals surface area (Å²) in [6.07, 6.45) is 0. The summed E-state index contributed by atoms with van der Waals surface area (Å²) in [6.45, 7) is 6.96. The van der Waals surface area contributed by atoms with Gasteiger partial charge in [-0.15, -0.1) is 0 Å². The summed E-state index contributed by atoms with van der Waals surface area (Å²) in [5, 5.41) is 16.8. The van der Waals surface area contributed by atoms with Crippen LogP contribution < -0.4 is 11.1 Å². The van der Waals surface area contributed by atoms with E-state index in [4.69, 9.17) is 10.8 Å². The normalized spacial score (nSPS) is 10.7. The Kier molecular flexibility index (Phi) is 4.82. The SMILES string of the molecule is Cc1nn(CCO)c(C)c1CNc1cccc(C(N)=O)c1C. The standard InChI is InChI=1S/C16H22N4O2/c1-10-13(16(17)22)5-4-6-15(10)18-9-14-11(2)19-20(7-8-21)12(14)3/h4-6,18,21H,7-9H2,1-3H3,(H2,17,22). The Labute approximate surface area is 129 Å². The van der Waals surface area contributed by atoms with E-state index < -0.39 is 5.91 Å². The van der Waals surface area contributed by atoms with Gasteiger partial charge in [-0.05, 0) is 38.5 Å². The molecule has 0 atom stereocenters. The van der Waals surface area contributed by atoms with E-state index in [0.29, 0.717) is 18.7 Å². The largest absolute Gasteiger partial charge is 0.394 e. The lowest BCUT2D eigenvalue weighted by molar-refractivity contribution is 0.0999. The second-order valence-corrected chi connectivity index (χ2v) is 5.29. The lowest BCUT2D eigenvalue weighted by atomic mass is 10.1. The Bertz CT molecular complexity index is 692. The third kappa shape index (κ3) is 3.12. The number of aliphatic hydroxyl groups is 1. The van der Waals surface area contributed by atoms with Gasteiger partial charge in [0, 0.05) is 29.1 Å². The number of nitrogens with two attached hydrogens (primary N) is 1. The van der Waals surface area contributed by atoms with Gasteiger partial charge in [0.15, 0.2) is 0 Å². The number of primary amides is 1. The van der Waals surface area contributed by atoms with Crippen LogP contribution in [0.1, 0.15) is 32.9 Å². The van der Waals surface area contributed by atoms with Crippen molar-refractivity contribution in [3.8, 4) is 0 Å². The molecule has 2 rings (SSSR count). The molecule has 0 aliphatic heterocycles. The predicted octanol–water partition coefficient (Wildman–Crippen LogP) is 1.51. The van der Waals surface area contributed by atoms with Crippen LogP contribution in [0.15, 0.2) is 18.2 Å². The number of benzene rings is 1. The van der Waals surface area contributed by atoms with Crippen molar-refractivity contribution in [1.82, 2.24) is 9.78 Å². The highest BCUT2D eigenvalue weighted by Gasteiger charge is 2.12. The molecular formula is C16H22N4O2. The van der Waals surface area contributed by atoms with Crippen LogP contribution in [0.2, 0.25) is 0 Å². The van der Waals surface area contributed by atoms with E-state index in [-0.39, 0.29) is 6.61 Å². The number of carbonyl (C=O) groups is 1. The van der Waals surface area contributed by atoms with E-state index in [1.165, 1.54) is 0 Å². The first-order chi connectivity index (χ1) is 10.5. The van der Waals surface area contributed by atoms with E-state index in [1.807, 2.05) is 32.9 Å². The van der Waals surface area contributed by atoms with Crippen molar-refractivity contribution < 1.29 is 9.90 Å². The van der Waals surface area contributed by atoms with Crippen LogP contribution in [0.25, 0.3) is 0 Å². The van der Waals surface area contributed by atoms with Crippen LogP contribution in [0.4, 0.5) is 5.69 Å². The summed E-state index contributed by atoms with van der Waals surface area (Å²) < 4.78 is 1.80. The third-order valence-electron chi connectivity index (χ3n) is 3.90. The molecule has 1 heterocycles. The summed E-state index contributed by atoms with van der Waals surface area (Å²) in [7, 11) is 0. The van der Waals surface area contributed by atoms with E-state index in [2.05, 4.69) is 10.4 Å². The zero-order chi connectivity index (χ0) is 16.3. The summed E-state index contributed by atoms with van der Waals surface area (Å²) in [6, 6.07) is 5.45. The monoisotopic (exact) mass is 302 g/mol. The van der Waals surface area contributed by atoms with Gasteiger partial charge in [-0.3, -0.25) is 9.48 Å². The van der Waals surface area contributed by atoms with Gasteiger partial charge in [0.2, 0.25) is 5.91 Å². The third-order valence-corrected chi connectivity index (χ3v) is 3.90. The first-order valence-corrected chi connectivity index (χ1v) is 7.22. The molecule has 22 heavy (non-hydrogen) atoms. The number of aliphatic hydroxyl groups excluding tert-OH is 1. The molecule has 4 N–H and O–H groups in total. The van der Waals surface area contributed by atoms with Crippen molar-refractivity contribution in [2.75, 3.05) is 11.9 Å². The quantitative estimate of drug-likeness (QED) is 0.754. The first kappa shape index (κ1) is 16.0. The molecule has 0 unspecified atom stereocenters. The topological polar surface area (TPSA) is 93.2 Å². The Morgan fingerprint density at radius 2 is 2.09 bits per heavy atom. The number of hydrogen-bond acceptors (Lipinski definition) is 4. The number of nitrogens with one attached hydrogen (secondary N) is 1. The number of nitrogens with zero attached hydrogens (tertiary/aromatic N) is 2. The molecule has 6 nitrogen and oxygen atoms in total. The minimum Gasteiger partial charge on any atom is -0.394 e. The molecule has 0 saturated heterocycles. The number of aromatic nitrogens is 2. The lowest BCUT2D eigenvalue weighted by Crippen LogP contribution is -2.14. The molecule has 0 saturated carbocycles. The van der Waals surface area contributed by atoms with Crippen molar-refractivity contribution in [2.24, 2.45) is 5.73 Å². The van der Waals surface area contributed by atoms with E-state index >= 15 is 0 Å². The summed E-state index contributed by atoms with van der Waals surface area (Å²) in [5.74, 6) is -0.427. The van der Waals surface area contributed by atoms with Crippen LogP contribution in [0.5, 0.6) is 0 Å². The Balaban J connectivity index is 2.21. The molecule has 1 aromatic heterocycles. The highest BCUT2D eigenvalue weighted by atomic mass is 16.3. The van der Waals surface area contributed by atoms with Gasteiger partial charge in [0.1, 0.15) is 0 Å². The van der Waals surface area contributed by atoms with Crippen LogP contribution in [-0.2, 0) is 13.1 Å². The minimum absolute atomic E-state index is 0.0641. The lowest BCUT2D eigenvalue weighted by Gasteiger charge is -2.12. The molecule has 0 aliphatic rings. The predicted molar refractivity (Wildman–Crippen MR) is 85.8 cm³/mol. The van der Waals surface area contributed by atoms with Crippen LogP contribution in [-0.4, -0.2) is 27.4 Å². The van der Waals surface area contributed by atoms with Gasteiger partial charge < -0.3 is 16.2 Å². The van der Waals surface area contributed by atoms with Crippen molar-refractivity contribution in [3.63, 3.8) is 0 Å². The van der Waals surface area contributed by atoms with Crippen molar-refractivity contribution in [3.05, 3.63) is 46.3 Å². The molecule has 1 amide bonds. The molecule has 0 fully saturated rings. The van der Waals surface area contributed by atoms with Gasteiger partial charge in [-0.1, -0.05) is 6.07 Å². The second kappa shape index (κ2) is 6.62. The average molecular weight is 302 g/mol. The number of rotatable bonds is 6. The summed E-state index contributed by atoms with van der Waals surface area (Å²) in [4.78, 5) is 11.4. The van der Waals surface area contributed by atoms with E-state index in [1.54, 1.807) is 10.7 Å². The molecule has 0 bridgehead atoms. The van der Waals surface area contributed by atoms with Crippen LogP contribution >= 0.6 is 0 Å². The average Bonchev–Trinajstić information content (AvgIpc) is 2.73. The number of anilines is 1. The fourth-order valence-electron chi connectivity index (χ4n) is 2.58. The number of carbonyl (C=O) groups excluding carboxylic acids is 1. The first-order valence-electron chi connectivity index (χ1n) is 7.22. The zero-order valence-electron chi connectivity index (χ0n) is 13.2. The van der Waals surface area contributed by atoms with Gasteiger partial charge in [-0.25, -0.2) is 0 Å². The molecule has 6 heteroatoms. The van der Waals surface area contributed by atoms with E-state index in [0.717, 1.165) is 28.2 Å². The molecule has 0 radical (unpaired) electrons. The van der Waals surface area contributed by atoms with Crippen LogP contribution in [0, 0.1) is 20.8 Å². The molecule has 1 aromatic carbocycles. The maximum absolute atomic E-state index is 11.4. The summed E-state index contributed by atoms with van der Waals surface area (Å²) in [5.41, 5.74) is 10.7. The smallest absolute Gasteiger partial charge is 0.249 e. The van der Waals surface area contributed by atoms with Crippen molar-refractivity contribution in [2.45, 2.75) is 33.9 Å². The maximum Gasteiger partial charge on any atom is 0.249 e. The molecule has 2 aromatic rings. The summed E-state index contributed by atoms with van der Waals surface area (Å²) >= 11 is 0. The van der Waals surface area contributed by atoms with Crippen molar-refractivity contribution in [1.29, 1.82) is 0 Å². The maximum atomic E-state index is 11.4. The number of amides is 1. The minimum atomic E-state index is -0.427. The fourth-order valence-corrected chi connectivity index (χ4v) is 2.58. The van der Waals surface area contributed by atoms with Gasteiger partial charge in [0.05, 0.1) is 18.8 Å². The second-order valence-electron chi connectivity index (χ2n) is 5.29. The Hall–Kier alpha value is -2.34. The number of hydrogen-bond donors (Lipinski definition) is 3. The molecule has 0 spiro atoms. The molecular weight excluding hydrogens is 280 g/mol. The number of aryl methyl sites for hydroxylation is 1. The van der Waals surface area contributed by atoms with Gasteiger partial charge >= 0.3 is 0 Å². The zero-order valence-corrected chi connectivity index (χ0v) is 13.2. The van der Waals surface area contributed by atoms with E-state index in [9.17, 15) is 4.79 Å². The Morgan fingerprint density at radius 3 is 2.73 bits per heavy atom. The fraction of sp³-hybridized carbons (Fsp3) is 0.375.